The lowest BCUT2D eigenvalue weighted by molar-refractivity contribution is -0.159. The normalized spacial score (nSPS) is 24.3. The lowest BCUT2D eigenvalue weighted by Crippen LogP contribution is -2.52. The highest BCUT2D eigenvalue weighted by Gasteiger charge is 2.48. The van der Waals surface area contributed by atoms with Gasteiger partial charge in [0.05, 0.1) is 16.7 Å². The van der Waals surface area contributed by atoms with Crippen molar-refractivity contribution in [3.8, 4) is 0 Å². The number of aliphatic hydroxyl groups is 1. The number of hydrogen-bond donors (Lipinski definition) is 2. The highest BCUT2D eigenvalue weighted by Crippen LogP contribution is 2.43. The molecule has 168 valence electrons. The van der Waals surface area contributed by atoms with E-state index in [1.807, 2.05) is 17.0 Å². The van der Waals surface area contributed by atoms with Crippen molar-refractivity contribution in [2.75, 3.05) is 37.0 Å². The number of nitrogens with one attached hydrogen (secondary N) is 1. The molecular formula is C23H33N5O3. The van der Waals surface area contributed by atoms with Crippen LogP contribution in [-0.2, 0) is 4.79 Å². The quantitative estimate of drug-likeness (QED) is 0.533. The van der Waals surface area contributed by atoms with E-state index in [4.69, 9.17) is 4.98 Å². The molecule has 2 atom stereocenters. The Hall–Kier alpha value is -2.48. The Bertz CT molecular complexity index is 903. The van der Waals surface area contributed by atoms with Crippen molar-refractivity contribution >= 4 is 23.0 Å². The molecule has 1 aromatic rings. The Morgan fingerprint density at radius 2 is 2.10 bits per heavy atom. The topological polar surface area (TPSA) is 98.1 Å². The van der Waals surface area contributed by atoms with Gasteiger partial charge >= 0.3 is 0 Å². The Balaban J connectivity index is 1.49. The summed E-state index contributed by atoms with van der Waals surface area (Å²) in [5, 5.41) is 18.1. The van der Waals surface area contributed by atoms with Crippen LogP contribution in [0.1, 0.15) is 52.1 Å². The number of carbonyl (C=O) groups excluding carboxylic acids is 1. The number of carbonyl (C=O) groups is 1. The maximum Gasteiger partial charge on any atom is 0.254 e. The first kappa shape index (κ1) is 21.7. The number of hydrogen-bond acceptors (Lipinski definition) is 6. The molecule has 2 heterocycles. The van der Waals surface area contributed by atoms with E-state index in [0.29, 0.717) is 37.7 Å². The fraction of sp³-hybridized carbons (Fsp3) is 0.652. The summed E-state index contributed by atoms with van der Waals surface area (Å²) in [5.74, 6) is 1.05. The standard InChI is InChI=1S/C23H33N5O3/c1-22(2,3)14-24-19-7-6-18(25-20(19)27(4)26-31)15-10-16-12-28(13-17(16)11-15)21(29)23(30)8-5-9-23/h6-7,10,16-17,24,30H,5,8-9,11-14H2,1-4H3. The minimum atomic E-state index is -1.12. The van der Waals surface area contributed by atoms with E-state index in [-0.39, 0.29) is 17.2 Å². The molecule has 8 heteroatoms. The van der Waals surface area contributed by atoms with Crippen molar-refractivity contribution in [1.82, 2.24) is 9.88 Å². The molecule has 0 bridgehead atoms. The van der Waals surface area contributed by atoms with Crippen LogP contribution in [0.5, 0.6) is 0 Å². The molecule has 1 aliphatic heterocycles. The van der Waals surface area contributed by atoms with E-state index in [1.54, 1.807) is 7.05 Å². The molecule has 31 heavy (non-hydrogen) atoms. The number of nitroso groups, excluding NO2 is 1. The molecular weight excluding hydrogens is 394 g/mol. The predicted octanol–water partition coefficient (Wildman–Crippen LogP) is 3.43. The lowest BCUT2D eigenvalue weighted by atomic mass is 9.79. The number of fused-ring (bicyclic) bond motifs is 1. The predicted molar refractivity (Wildman–Crippen MR) is 121 cm³/mol. The second-order valence-corrected chi connectivity index (χ2v) is 10.5. The van der Waals surface area contributed by atoms with Crippen LogP contribution in [0.3, 0.4) is 0 Å². The summed E-state index contributed by atoms with van der Waals surface area (Å²) < 4.78 is 0. The van der Waals surface area contributed by atoms with Crippen molar-refractivity contribution in [2.24, 2.45) is 22.5 Å². The smallest absolute Gasteiger partial charge is 0.254 e. The fourth-order valence-electron chi connectivity index (χ4n) is 4.70. The third-order valence-electron chi connectivity index (χ3n) is 6.70. The molecule has 2 N–H and O–H groups in total. The van der Waals surface area contributed by atoms with Gasteiger partial charge < -0.3 is 15.3 Å². The summed E-state index contributed by atoms with van der Waals surface area (Å²) >= 11 is 0. The highest BCUT2D eigenvalue weighted by molar-refractivity contribution is 5.86. The number of pyridine rings is 1. The van der Waals surface area contributed by atoms with Gasteiger partial charge in [-0.05, 0) is 60.6 Å². The van der Waals surface area contributed by atoms with Crippen LogP contribution in [0, 0.1) is 22.2 Å². The van der Waals surface area contributed by atoms with Gasteiger partial charge in [0.15, 0.2) is 5.82 Å². The zero-order valence-electron chi connectivity index (χ0n) is 18.9. The van der Waals surface area contributed by atoms with Gasteiger partial charge in [-0.15, -0.1) is 4.91 Å². The number of rotatable bonds is 6. The third kappa shape index (κ3) is 4.31. The number of nitrogens with zero attached hydrogens (tertiary/aromatic N) is 4. The first-order chi connectivity index (χ1) is 14.6. The molecule has 2 aliphatic carbocycles. The Morgan fingerprint density at radius 1 is 1.35 bits per heavy atom. The SMILES string of the molecule is CN(N=O)c1nc(C2=CC3CN(C(=O)C4(O)CCC4)CC3C2)ccc1NCC(C)(C)C. The average Bonchev–Trinajstić information content (AvgIpc) is 3.28. The Morgan fingerprint density at radius 3 is 2.68 bits per heavy atom. The number of likely N-dealkylation sites (tertiary alicyclic amines) is 1. The minimum absolute atomic E-state index is 0.0878. The first-order valence-corrected chi connectivity index (χ1v) is 11.1. The van der Waals surface area contributed by atoms with Crippen LogP contribution < -0.4 is 10.3 Å². The van der Waals surface area contributed by atoms with E-state index in [0.717, 1.165) is 36.3 Å². The van der Waals surface area contributed by atoms with E-state index in [9.17, 15) is 14.8 Å². The van der Waals surface area contributed by atoms with Gasteiger partial charge in [-0.1, -0.05) is 26.8 Å². The number of allylic oxidation sites excluding steroid dienone is 1. The van der Waals surface area contributed by atoms with Gasteiger partial charge in [-0.3, -0.25) is 4.79 Å². The molecule has 3 aliphatic rings. The average molecular weight is 428 g/mol. The monoisotopic (exact) mass is 427 g/mol. The van der Waals surface area contributed by atoms with Crippen LogP contribution in [0.15, 0.2) is 23.5 Å². The van der Waals surface area contributed by atoms with E-state index in [1.165, 1.54) is 5.01 Å². The largest absolute Gasteiger partial charge is 0.381 e. The van der Waals surface area contributed by atoms with Crippen molar-refractivity contribution in [2.45, 2.75) is 52.1 Å². The fourth-order valence-corrected chi connectivity index (χ4v) is 4.70. The molecule has 0 aromatic carbocycles. The molecule has 0 spiro atoms. The van der Waals surface area contributed by atoms with Gasteiger partial charge in [-0.2, -0.15) is 0 Å². The molecule has 1 saturated heterocycles. The van der Waals surface area contributed by atoms with E-state index < -0.39 is 5.60 Å². The van der Waals surface area contributed by atoms with Gasteiger partial charge in [-0.25, -0.2) is 9.99 Å². The molecule has 2 unspecified atom stereocenters. The summed E-state index contributed by atoms with van der Waals surface area (Å²) in [6.07, 6.45) is 5.14. The molecule has 1 amide bonds. The van der Waals surface area contributed by atoms with E-state index in [2.05, 4.69) is 37.4 Å². The first-order valence-electron chi connectivity index (χ1n) is 11.1. The van der Waals surface area contributed by atoms with Crippen LogP contribution in [0.4, 0.5) is 11.5 Å². The summed E-state index contributed by atoms with van der Waals surface area (Å²) in [6, 6.07) is 3.95. The minimum Gasteiger partial charge on any atom is -0.381 e. The molecule has 2 fully saturated rings. The Labute approximate surface area is 183 Å². The summed E-state index contributed by atoms with van der Waals surface area (Å²) in [4.78, 5) is 30.4. The maximum absolute atomic E-state index is 12.6. The van der Waals surface area contributed by atoms with Crippen molar-refractivity contribution in [3.05, 3.63) is 28.8 Å². The molecule has 4 rings (SSSR count). The van der Waals surface area contributed by atoms with Crippen molar-refractivity contribution < 1.29 is 9.90 Å². The van der Waals surface area contributed by atoms with E-state index >= 15 is 0 Å². The molecule has 1 saturated carbocycles. The summed E-state index contributed by atoms with van der Waals surface area (Å²) in [7, 11) is 1.60. The van der Waals surface area contributed by atoms with Crippen molar-refractivity contribution in [3.63, 3.8) is 0 Å². The van der Waals surface area contributed by atoms with Crippen molar-refractivity contribution in [1.29, 1.82) is 0 Å². The lowest BCUT2D eigenvalue weighted by Gasteiger charge is -2.38. The third-order valence-corrected chi connectivity index (χ3v) is 6.70. The Kier molecular flexibility index (Phi) is 5.54. The number of aromatic nitrogens is 1. The second-order valence-electron chi connectivity index (χ2n) is 10.5. The van der Waals surface area contributed by atoms with Crippen LogP contribution in [0.25, 0.3) is 5.57 Å². The number of amides is 1. The van der Waals surface area contributed by atoms with Gasteiger partial charge in [0.1, 0.15) is 5.60 Å². The van der Waals surface area contributed by atoms with Crippen LogP contribution >= 0.6 is 0 Å². The van der Waals surface area contributed by atoms with Crippen LogP contribution in [-0.4, -0.2) is 53.2 Å². The van der Waals surface area contributed by atoms with Gasteiger partial charge in [0.25, 0.3) is 5.91 Å². The maximum atomic E-state index is 12.6. The molecule has 1 aromatic heterocycles. The molecule has 8 nitrogen and oxygen atoms in total. The highest BCUT2D eigenvalue weighted by atomic mass is 16.3. The summed E-state index contributed by atoms with van der Waals surface area (Å²) in [5.41, 5.74) is 1.74. The zero-order chi connectivity index (χ0) is 22.4. The van der Waals surface area contributed by atoms with Crippen LogP contribution in [0.2, 0.25) is 0 Å². The second kappa shape index (κ2) is 7.89. The molecule has 0 radical (unpaired) electrons. The zero-order valence-corrected chi connectivity index (χ0v) is 18.9. The number of anilines is 2. The van der Waals surface area contributed by atoms with Gasteiger partial charge in [0.2, 0.25) is 0 Å². The summed E-state index contributed by atoms with van der Waals surface area (Å²) in [6.45, 7) is 8.51. The van der Waals surface area contributed by atoms with Gasteiger partial charge in [0, 0.05) is 26.7 Å².